The van der Waals surface area contributed by atoms with Crippen LogP contribution in [0.1, 0.15) is 15.9 Å². The number of carbonyl (C=O) groups excluding carboxylic acids is 2. The van der Waals surface area contributed by atoms with Gasteiger partial charge in [0.2, 0.25) is 5.91 Å². The van der Waals surface area contributed by atoms with Gasteiger partial charge in [-0.15, -0.1) is 11.8 Å². The molecule has 136 valence electrons. The topological polar surface area (TPSA) is 101 Å². The summed E-state index contributed by atoms with van der Waals surface area (Å²) in [5.41, 5.74) is 5.17. The third-order valence-electron chi connectivity index (χ3n) is 3.14. The SMILES string of the molecule is O=C(CSCc1ccc(Cl)cc1Cl)NNC(=O)c1cccc([N+](=O)[O-])c1. The van der Waals surface area contributed by atoms with Gasteiger partial charge in [-0.2, -0.15) is 0 Å². The lowest BCUT2D eigenvalue weighted by Gasteiger charge is -2.08. The van der Waals surface area contributed by atoms with E-state index in [0.29, 0.717) is 15.8 Å². The summed E-state index contributed by atoms with van der Waals surface area (Å²) in [6, 6.07) is 10.3. The van der Waals surface area contributed by atoms with Crippen LogP contribution in [0.3, 0.4) is 0 Å². The van der Waals surface area contributed by atoms with Crippen molar-refractivity contribution >= 4 is 52.5 Å². The summed E-state index contributed by atoms with van der Waals surface area (Å²) in [6.07, 6.45) is 0. The van der Waals surface area contributed by atoms with Gasteiger partial charge in [0.1, 0.15) is 0 Å². The Labute approximate surface area is 163 Å². The predicted molar refractivity (Wildman–Crippen MR) is 101 cm³/mol. The molecule has 0 unspecified atom stereocenters. The molecule has 2 rings (SSSR count). The number of hydrogen-bond acceptors (Lipinski definition) is 5. The highest BCUT2D eigenvalue weighted by Crippen LogP contribution is 2.24. The molecule has 10 heteroatoms. The van der Waals surface area contributed by atoms with Crippen molar-refractivity contribution in [2.75, 3.05) is 5.75 Å². The lowest BCUT2D eigenvalue weighted by atomic mass is 10.2. The van der Waals surface area contributed by atoms with E-state index in [0.717, 1.165) is 11.6 Å². The van der Waals surface area contributed by atoms with Gasteiger partial charge in [0.05, 0.1) is 10.7 Å². The van der Waals surface area contributed by atoms with Crippen molar-refractivity contribution in [3.05, 3.63) is 73.8 Å². The highest BCUT2D eigenvalue weighted by molar-refractivity contribution is 7.99. The zero-order valence-corrected chi connectivity index (χ0v) is 15.5. The van der Waals surface area contributed by atoms with Crippen LogP contribution in [-0.2, 0) is 10.5 Å². The number of thioether (sulfide) groups is 1. The van der Waals surface area contributed by atoms with E-state index in [1.807, 2.05) is 0 Å². The van der Waals surface area contributed by atoms with Gasteiger partial charge in [-0.1, -0.05) is 35.3 Å². The quantitative estimate of drug-likeness (QED) is 0.556. The van der Waals surface area contributed by atoms with Crippen LogP contribution in [0.4, 0.5) is 5.69 Å². The number of amides is 2. The zero-order chi connectivity index (χ0) is 19.1. The van der Waals surface area contributed by atoms with Crippen LogP contribution in [0, 0.1) is 10.1 Å². The van der Waals surface area contributed by atoms with E-state index in [2.05, 4.69) is 10.9 Å². The molecule has 0 atom stereocenters. The van der Waals surface area contributed by atoms with E-state index in [1.54, 1.807) is 18.2 Å². The van der Waals surface area contributed by atoms with Gasteiger partial charge in [-0.05, 0) is 23.8 Å². The maximum Gasteiger partial charge on any atom is 0.270 e. The number of hydrogen-bond donors (Lipinski definition) is 2. The number of non-ortho nitro benzene ring substituents is 1. The molecule has 2 amide bonds. The lowest BCUT2D eigenvalue weighted by molar-refractivity contribution is -0.384. The summed E-state index contributed by atoms with van der Waals surface area (Å²) in [4.78, 5) is 33.8. The molecule has 2 aromatic rings. The van der Waals surface area contributed by atoms with Gasteiger partial charge in [0, 0.05) is 33.5 Å². The van der Waals surface area contributed by atoms with E-state index in [4.69, 9.17) is 23.2 Å². The zero-order valence-electron chi connectivity index (χ0n) is 13.2. The molecular weight excluding hydrogens is 401 g/mol. The van der Waals surface area contributed by atoms with Crippen molar-refractivity contribution in [3.63, 3.8) is 0 Å². The summed E-state index contributed by atoms with van der Waals surface area (Å²) in [6.45, 7) is 0. The number of nitrogens with zero attached hydrogens (tertiary/aromatic N) is 1. The van der Waals surface area contributed by atoms with Gasteiger partial charge >= 0.3 is 0 Å². The Kier molecular flexibility index (Phi) is 7.26. The smallest absolute Gasteiger partial charge is 0.270 e. The van der Waals surface area contributed by atoms with Crippen molar-refractivity contribution in [1.82, 2.24) is 10.9 Å². The maximum atomic E-state index is 11.9. The van der Waals surface area contributed by atoms with Gasteiger partial charge < -0.3 is 0 Å². The van der Waals surface area contributed by atoms with Crippen molar-refractivity contribution in [1.29, 1.82) is 0 Å². The van der Waals surface area contributed by atoms with Crippen molar-refractivity contribution in [2.24, 2.45) is 0 Å². The molecule has 0 aliphatic heterocycles. The number of nitro groups is 1. The third kappa shape index (κ3) is 5.91. The van der Waals surface area contributed by atoms with Crippen molar-refractivity contribution in [3.8, 4) is 0 Å². The van der Waals surface area contributed by atoms with E-state index >= 15 is 0 Å². The summed E-state index contributed by atoms with van der Waals surface area (Å²) >= 11 is 13.2. The second-order valence-electron chi connectivity index (χ2n) is 5.04. The molecule has 26 heavy (non-hydrogen) atoms. The third-order valence-corrected chi connectivity index (χ3v) is 4.71. The maximum absolute atomic E-state index is 11.9. The first-order valence-corrected chi connectivity index (χ1v) is 9.13. The highest BCUT2D eigenvalue weighted by atomic mass is 35.5. The first-order chi connectivity index (χ1) is 12.4. The number of nitrogens with one attached hydrogen (secondary N) is 2. The molecule has 0 fully saturated rings. The van der Waals surface area contributed by atoms with Crippen LogP contribution in [0.5, 0.6) is 0 Å². The molecule has 0 aromatic heterocycles. The number of carbonyl (C=O) groups is 2. The van der Waals surface area contributed by atoms with Crippen molar-refractivity contribution < 1.29 is 14.5 Å². The molecule has 2 N–H and O–H groups in total. The lowest BCUT2D eigenvalue weighted by Crippen LogP contribution is -2.42. The van der Waals surface area contributed by atoms with E-state index < -0.39 is 16.7 Å². The Morgan fingerprint density at radius 3 is 2.58 bits per heavy atom. The van der Waals surface area contributed by atoms with Gasteiger partial charge in [0.25, 0.3) is 11.6 Å². The minimum atomic E-state index is -0.646. The molecule has 0 aliphatic rings. The molecular formula is C16H13Cl2N3O4S. The average Bonchev–Trinajstić information content (AvgIpc) is 2.61. The van der Waals surface area contributed by atoms with Crippen LogP contribution < -0.4 is 10.9 Å². The number of halogens is 2. The van der Waals surface area contributed by atoms with Crippen molar-refractivity contribution in [2.45, 2.75) is 5.75 Å². The highest BCUT2D eigenvalue weighted by Gasteiger charge is 2.12. The largest absolute Gasteiger partial charge is 0.272 e. The van der Waals surface area contributed by atoms with Crippen LogP contribution in [0.15, 0.2) is 42.5 Å². The Bertz CT molecular complexity index is 848. The molecule has 0 spiro atoms. The van der Waals surface area contributed by atoms with Gasteiger partial charge in [-0.25, -0.2) is 0 Å². The number of hydrazine groups is 1. The normalized spacial score (nSPS) is 10.2. The molecule has 0 heterocycles. The van der Waals surface area contributed by atoms with Crippen LogP contribution >= 0.6 is 35.0 Å². The fourth-order valence-corrected chi connectivity index (χ4v) is 3.27. The second kappa shape index (κ2) is 9.42. The minimum absolute atomic E-state index is 0.0695. The summed E-state index contributed by atoms with van der Waals surface area (Å²) < 4.78 is 0. The molecule has 0 saturated heterocycles. The molecule has 0 bridgehead atoms. The van der Waals surface area contributed by atoms with Gasteiger partial charge in [0.15, 0.2) is 0 Å². The summed E-state index contributed by atoms with van der Waals surface area (Å²) in [5.74, 6) is -0.470. The Morgan fingerprint density at radius 1 is 1.12 bits per heavy atom. The van der Waals surface area contributed by atoms with Crippen LogP contribution in [0.2, 0.25) is 10.0 Å². The standard InChI is InChI=1S/C16H13Cl2N3O4S/c17-12-5-4-11(14(18)7-12)8-26-9-15(22)19-20-16(23)10-2-1-3-13(6-10)21(24)25/h1-7H,8-9H2,(H,19,22)(H,20,23). The Morgan fingerprint density at radius 2 is 1.88 bits per heavy atom. The number of benzene rings is 2. The van der Waals surface area contributed by atoms with E-state index in [-0.39, 0.29) is 17.0 Å². The van der Waals surface area contributed by atoms with Crippen LogP contribution in [0.25, 0.3) is 0 Å². The first kappa shape index (κ1) is 20.0. The number of rotatable bonds is 6. The van der Waals surface area contributed by atoms with E-state index in [9.17, 15) is 19.7 Å². The molecule has 7 nitrogen and oxygen atoms in total. The Balaban J connectivity index is 1.78. The molecule has 0 radical (unpaired) electrons. The fourth-order valence-electron chi connectivity index (χ4n) is 1.89. The number of nitro benzene ring substituents is 1. The van der Waals surface area contributed by atoms with Gasteiger partial charge in [-0.3, -0.25) is 30.6 Å². The first-order valence-electron chi connectivity index (χ1n) is 7.22. The summed E-state index contributed by atoms with van der Waals surface area (Å²) in [5, 5.41) is 11.8. The minimum Gasteiger partial charge on any atom is -0.272 e. The molecule has 2 aromatic carbocycles. The fraction of sp³-hybridized carbons (Fsp3) is 0.125. The molecule has 0 saturated carbocycles. The second-order valence-corrected chi connectivity index (χ2v) is 6.87. The summed E-state index contributed by atoms with van der Waals surface area (Å²) in [7, 11) is 0. The Hall–Kier alpha value is -2.29. The predicted octanol–water partition coefficient (Wildman–Crippen LogP) is 3.60. The molecule has 0 aliphatic carbocycles. The average molecular weight is 414 g/mol. The van der Waals surface area contributed by atoms with Crippen LogP contribution in [-0.4, -0.2) is 22.5 Å². The van der Waals surface area contributed by atoms with E-state index in [1.165, 1.54) is 30.0 Å². The monoisotopic (exact) mass is 413 g/mol.